The summed E-state index contributed by atoms with van der Waals surface area (Å²) < 4.78 is 0. The van der Waals surface area contributed by atoms with E-state index >= 15 is 0 Å². The van der Waals surface area contributed by atoms with Crippen LogP contribution in [0.4, 0.5) is 0 Å². The van der Waals surface area contributed by atoms with Gasteiger partial charge in [0.2, 0.25) is 0 Å². The highest BCUT2D eigenvalue weighted by atomic mass is 15.0. The van der Waals surface area contributed by atoms with Gasteiger partial charge in [0.1, 0.15) is 0 Å². The van der Waals surface area contributed by atoms with E-state index in [-0.39, 0.29) is 0 Å². The Balaban J connectivity index is 1.84. The number of rotatable bonds is 4. The minimum Gasteiger partial charge on any atom is -0.317 e. The highest BCUT2D eigenvalue weighted by Gasteiger charge is 2.11. The maximum Gasteiger partial charge on any atom is 0.00913 e. The molecule has 1 aromatic carbocycles. The lowest BCUT2D eigenvalue weighted by molar-refractivity contribution is 0.389. The zero-order chi connectivity index (χ0) is 13.0. The van der Waals surface area contributed by atoms with Gasteiger partial charge in [-0.25, -0.2) is 0 Å². The molecule has 1 aromatic rings. The average molecular weight is 246 g/mol. The zero-order valence-corrected chi connectivity index (χ0v) is 12.0. The van der Waals surface area contributed by atoms with Crippen LogP contribution >= 0.6 is 0 Å². The molecule has 0 radical (unpaired) electrons. The smallest absolute Gasteiger partial charge is 0.00913 e. The zero-order valence-electron chi connectivity index (χ0n) is 12.0. The van der Waals surface area contributed by atoms with E-state index < -0.39 is 0 Å². The molecule has 2 heteroatoms. The summed E-state index contributed by atoms with van der Waals surface area (Å²) in [5.41, 5.74) is 5.75. The molecule has 0 spiro atoms. The summed E-state index contributed by atoms with van der Waals surface area (Å²) in [6.45, 7) is 10.1. The average Bonchev–Trinajstić information content (AvgIpc) is 2.37. The molecule has 18 heavy (non-hydrogen) atoms. The van der Waals surface area contributed by atoms with Gasteiger partial charge in [-0.15, -0.1) is 0 Å². The largest absolute Gasteiger partial charge is 0.317 e. The van der Waals surface area contributed by atoms with Crippen LogP contribution in [0.1, 0.15) is 35.1 Å². The standard InChI is InChI=1S/C16H26N2/c1-12-10-14(3)15(11-13(12)2)4-9-18-16-5-7-17-8-6-16/h10-11,16-18H,4-9H2,1-3H3. The molecule has 0 amide bonds. The third-order valence-electron chi connectivity index (χ3n) is 4.12. The molecule has 0 aliphatic carbocycles. The number of aryl methyl sites for hydroxylation is 3. The molecule has 0 aromatic heterocycles. The minimum absolute atomic E-state index is 0.720. The Hall–Kier alpha value is -0.860. The van der Waals surface area contributed by atoms with Crippen molar-refractivity contribution in [3.8, 4) is 0 Å². The maximum absolute atomic E-state index is 3.69. The van der Waals surface area contributed by atoms with Crippen molar-refractivity contribution in [1.29, 1.82) is 0 Å². The lowest BCUT2D eigenvalue weighted by atomic mass is 9.98. The van der Waals surface area contributed by atoms with Crippen LogP contribution in [0.5, 0.6) is 0 Å². The molecule has 1 aliphatic heterocycles. The molecule has 1 fully saturated rings. The molecule has 0 bridgehead atoms. The highest BCUT2D eigenvalue weighted by Crippen LogP contribution is 2.15. The van der Waals surface area contributed by atoms with Gasteiger partial charge in [0.25, 0.3) is 0 Å². The minimum atomic E-state index is 0.720. The third kappa shape index (κ3) is 3.56. The van der Waals surface area contributed by atoms with E-state index in [0.717, 1.165) is 19.0 Å². The Morgan fingerprint density at radius 3 is 2.44 bits per heavy atom. The van der Waals surface area contributed by atoms with Crippen LogP contribution in [-0.2, 0) is 6.42 Å². The molecule has 1 heterocycles. The van der Waals surface area contributed by atoms with Crippen molar-refractivity contribution in [3.05, 3.63) is 34.4 Å². The summed E-state index contributed by atoms with van der Waals surface area (Å²) in [4.78, 5) is 0. The monoisotopic (exact) mass is 246 g/mol. The third-order valence-corrected chi connectivity index (χ3v) is 4.12. The predicted octanol–water partition coefficient (Wildman–Crippen LogP) is 2.50. The molecule has 1 saturated heterocycles. The van der Waals surface area contributed by atoms with Crippen LogP contribution in [0, 0.1) is 20.8 Å². The topological polar surface area (TPSA) is 24.1 Å². The Kier molecular flexibility index (Phi) is 4.79. The predicted molar refractivity (Wildman–Crippen MR) is 78.3 cm³/mol. The second-order valence-electron chi connectivity index (χ2n) is 5.59. The summed E-state index contributed by atoms with van der Waals surface area (Å²) in [6.07, 6.45) is 3.69. The molecule has 2 nitrogen and oxygen atoms in total. The van der Waals surface area contributed by atoms with Gasteiger partial charge in [0.05, 0.1) is 0 Å². The normalized spacial score (nSPS) is 17.1. The molecule has 2 N–H and O–H groups in total. The van der Waals surface area contributed by atoms with Gasteiger partial charge < -0.3 is 10.6 Å². The molecule has 0 atom stereocenters. The summed E-state index contributed by atoms with van der Waals surface area (Å²) in [7, 11) is 0. The van der Waals surface area contributed by atoms with E-state index in [1.165, 1.54) is 48.2 Å². The summed E-state index contributed by atoms with van der Waals surface area (Å²) in [5.74, 6) is 0. The molecular formula is C16H26N2. The second kappa shape index (κ2) is 6.35. The molecule has 0 unspecified atom stereocenters. The van der Waals surface area contributed by atoms with Crippen molar-refractivity contribution in [3.63, 3.8) is 0 Å². The van der Waals surface area contributed by atoms with Gasteiger partial charge in [-0.05, 0) is 81.9 Å². The fourth-order valence-corrected chi connectivity index (χ4v) is 2.73. The van der Waals surface area contributed by atoms with E-state index in [2.05, 4.69) is 43.5 Å². The van der Waals surface area contributed by atoms with Gasteiger partial charge in [-0.2, -0.15) is 0 Å². The summed E-state index contributed by atoms with van der Waals surface area (Å²) in [6, 6.07) is 5.39. The Bertz CT molecular complexity index is 392. The first-order chi connectivity index (χ1) is 8.66. The Morgan fingerprint density at radius 2 is 1.72 bits per heavy atom. The Morgan fingerprint density at radius 1 is 1.06 bits per heavy atom. The van der Waals surface area contributed by atoms with Crippen LogP contribution < -0.4 is 10.6 Å². The van der Waals surface area contributed by atoms with E-state index in [9.17, 15) is 0 Å². The van der Waals surface area contributed by atoms with E-state index in [1.807, 2.05) is 0 Å². The van der Waals surface area contributed by atoms with Crippen molar-refractivity contribution in [2.24, 2.45) is 0 Å². The molecular weight excluding hydrogens is 220 g/mol. The van der Waals surface area contributed by atoms with Crippen LogP contribution in [0.25, 0.3) is 0 Å². The van der Waals surface area contributed by atoms with E-state index in [4.69, 9.17) is 0 Å². The first-order valence-corrected chi connectivity index (χ1v) is 7.17. The van der Waals surface area contributed by atoms with E-state index in [0.29, 0.717) is 0 Å². The lowest BCUT2D eigenvalue weighted by Gasteiger charge is -2.24. The summed E-state index contributed by atoms with van der Waals surface area (Å²) >= 11 is 0. The molecule has 2 rings (SSSR count). The van der Waals surface area contributed by atoms with Gasteiger partial charge in [-0.3, -0.25) is 0 Å². The second-order valence-corrected chi connectivity index (χ2v) is 5.59. The van der Waals surface area contributed by atoms with Crippen LogP contribution in [0.15, 0.2) is 12.1 Å². The Labute approximate surface area is 111 Å². The number of hydrogen-bond acceptors (Lipinski definition) is 2. The maximum atomic E-state index is 3.69. The quantitative estimate of drug-likeness (QED) is 0.853. The summed E-state index contributed by atoms with van der Waals surface area (Å²) in [5, 5.41) is 7.10. The fraction of sp³-hybridized carbons (Fsp3) is 0.625. The van der Waals surface area contributed by atoms with Crippen molar-refractivity contribution in [2.45, 2.75) is 46.1 Å². The number of hydrogen-bond donors (Lipinski definition) is 2. The molecule has 100 valence electrons. The van der Waals surface area contributed by atoms with Gasteiger partial charge >= 0.3 is 0 Å². The number of nitrogens with one attached hydrogen (secondary N) is 2. The van der Waals surface area contributed by atoms with Crippen LogP contribution in [-0.4, -0.2) is 25.7 Å². The number of piperidine rings is 1. The van der Waals surface area contributed by atoms with Gasteiger partial charge in [0.15, 0.2) is 0 Å². The lowest BCUT2D eigenvalue weighted by Crippen LogP contribution is -2.40. The number of benzene rings is 1. The first-order valence-electron chi connectivity index (χ1n) is 7.17. The molecule has 0 saturated carbocycles. The van der Waals surface area contributed by atoms with Crippen LogP contribution in [0.3, 0.4) is 0 Å². The van der Waals surface area contributed by atoms with E-state index in [1.54, 1.807) is 0 Å². The van der Waals surface area contributed by atoms with Crippen LogP contribution in [0.2, 0.25) is 0 Å². The fourth-order valence-electron chi connectivity index (χ4n) is 2.73. The first kappa shape index (κ1) is 13.6. The van der Waals surface area contributed by atoms with Crippen molar-refractivity contribution in [1.82, 2.24) is 10.6 Å². The van der Waals surface area contributed by atoms with Gasteiger partial charge in [-0.1, -0.05) is 12.1 Å². The highest BCUT2D eigenvalue weighted by molar-refractivity contribution is 5.36. The molecule has 1 aliphatic rings. The van der Waals surface area contributed by atoms with Crippen molar-refractivity contribution >= 4 is 0 Å². The van der Waals surface area contributed by atoms with Gasteiger partial charge in [0, 0.05) is 6.04 Å². The van der Waals surface area contributed by atoms with Crippen molar-refractivity contribution < 1.29 is 0 Å². The SMILES string of the molecule is Cc1cc(C)c(CCNC2CCNCC2)cc1C. The van der Waals surface area contributed by atoms with Crippen molar-refractivity contribution in [2.75, 3.05) is 19.6 Å².